The standard InChI is InChI=1S/C22H21FN2O2/c1-15-19-9-2-3-10-20(19)22(27)25(15)14-21(26)24-11-5-8-18(24)13-16-6-4-7-17(23)12-16/h2-4,6-7,9-10,12,18H,1,5,8,11,13-14H2. The molecule has 0 aromatic heterocycles. The number of nitrogens with zero attached hydrogens (tertiary/aromatic N) is 2. The first-order valence-electron chi connectivity index (χ1n) is 9.18. The molecule has 2 heterocycles. The summed E-state index contributed by atoms with van der Waals surface area (Å²) in [5.41, 5.74) is 2.83. The lowest BCUT2D eigenvalue weighted by atomic mass is 10.0. The average Bonchev–Trinajstić information content (AvgIpc) is 3.21. The van der Waals surface area contributed by atoms with E-state index in [0.29, 0.717) is 24.2 Å². The van der Waals surface area contributed by atoms with E-state index in [9.17, 15) is 14.0 Å². The molecule has 0 bridgehead atoms. The van der Waals surface area contributed by atoms with Crippen LogP contribution in [0.15, 0.2) is 55.1 Å². The molecule has 1 fully saturated rings. The number of halogens is 1. The summed E-state index contributed by atoms with van der Waals surface area (Å²) in [6.07, 6.45) is 2.43. The van der Waals surface area contributed by atoms with Gasteiger partial charge in [-0.2, -0.15) is 0 Å². The second-order valence-electron chi connectivity index (χ2n) is 7.10. The smallest absolute Gasteiger partial charge is 0.259 e. The van der Waals surface area contributed by atoms with Crippen molar-refractivity contribution < 1.29 is 14.0 Å². The summed E-state index contributed by atoms with van der Waals surface area (Å²) >= 11 is 0. The summed E-state index contributed by atoms with van der Waals surface area (Å²) in [6, 6.07) is 13.8. The highest BCUT2D eigenvalue weighted by atomic mass is 19.1. The number of hydrogen-bond acceptors (Lipinski definition) is 2. The van der Waals surface area contributed by atoms with Gasteiger partial charge in [-0.1, -0.05) is 36.9 Å². The molecular formula is C22H21FN2O2. The number of likely N-dealkylation sites (tertiary alicyclic amines) is 1. The second kappa shape index (κ2) is 6.99. The number of amides is 2. The molecule has 2 aliphatic heterocycles. The van der Waals surface area contributed by atoms with Crippen molar-refractivity contribution in [2.75, 3.05) is 13.1 Å². The molecule has 4 rings (SSSR count). The van der Waals surface area contributed by atoms with Crippen LogP contribution in [0, 0.1) is 5.82 Å². The number of carbonyl (C=O) groups is 2. The first-order chi connectivity index (χ1) is 13.0. The first-order valence-corrected chi connectivity index (χ1v) is 9.18. The molecule has 2 amide bonds. The molecule has 2 aromatic carbocycles. The minimum atomic E-state index is -0.264. The summed E-state index contributed by atoms with van der Waals surface area (Å²) in [6.45, 7) is 4.66. The SMILES string of the molecule is C=C1c2ccccc2C(=O)N1CC(=O)N1CCCC1Cc1cccc(F)c1. The Bertz CT molecular complexity index is 889. The Balaban J connectivity index is 1.46. The number of rotatable bonds is 4. The fourth-order valence-corrected chi connectivity index (χ4v) is 4.04. The molecule has 0 aliphatic carbocycles. The van der Waals surface area contributed by atoms with Crippen molar-refractivity contribution >= 4 is 17.5 Å². The van der Waals surface area contributed by atoms with Crippen molar-refractivity contribution in [1.29, 1.82) is 0 Å². The van der Waals surface area contributed by atoms with E-state index in [-0.39, 0.29) is 30.2 Å². The van der Waals surface area contributed by atoms with E-state index >= 15 is 0 Å². The molecule has 0 radical (unpaired) electrons. The van der Waals surface area contributed by atoms with E-state index in [0.717, 1.165) is 24.0 Å². The van der Waals surface area contributed by atoms with Gasteiger partial charge in [-0.3, -0.25) is 14.5 Å². The molecule has 1 saturated heterocycles. The zero-order valence-electron chi connectivity index (χ0n) is 15.0. The highest BCUT2D eigenvalue weighted by Gasteiger charge is 2.35. The second-order valence-corrected chi connectivity index (χ2v) is 7.10. The molecule has 5 heteroatoms. The van der Waals surface area contributed by atoms with E-state index in [1.54, 1.807) is 12.1 Å². The average molecular weight is 364 g/mol. The van der Waals surface area contributed by atoms with E-state index < -0.39 is 0 Å². The highest BCUT2D eigenvalue weighted by Crippen LogP contribution is 2.31. The van der Waals surface area contributed by atoms with Crippen LogP contribution in [0.5, 0.6) is 0 Å². The van der Waals surface area contributed by atoms with Gasteiger partial charge in [0, 0.05) is 29.4 Å². The third-order valence-corrected chi connectivity index (χ3v) is 5.39. The lowest BCUT2D eigenvalue weighted by Gasteiger charge is -2.27. The Morgan fingerprint density at radius 1 is 1.15 bits per heavy atom. The number of fused-ring (bicyclic) bond motifs is 1. The number of carbonyl (C=O) groups excluding carboxylic acids is 2. The topological polar surface area (TPSA) is 40.6 Å². The third kappa shape index (κ3) is 3.25. The summed E-state index contributed by atoms with van der Waals surface area (Å²) in [5.74, 6) is -0.527. The number of hydrogen-bond donors (Lipinski definition) is 0. The molecule has 4 nitrogen and oxygen atoms in total. The molecule has 0 saturated carbocycles. The van der Waals surface area contributed by atoms with Gasteiger partial charge in [-0.25, -0.2) is 4.39 Å². The largest absolute Gasteiger partial charge is 0.338 e. The fourth-order valence-electron chi connectivity index (χ4n) is 4.04. The van der Waals surface area contributed by atoms with Gasteiger partial charge in [-0.15, -0.1) is 0 Å². The highest BCUT2D eigenvalue weighted by molar-refractivity contribution is 6.10. The van der Waals surface area contributed by atoms with E-state index in [1.807, 2.05) is 29.2 Å². The van der Waals surface area contributed by atoms with Gasteiger partial charge < -0.3 is 4.90 Å². The minimum absolute atomic E-state index is 0.00794. The molecule has 2 aliphatic rings. The van der Waals surface area contributed by atoms with Crippen molar-refractivity contribution in [2.24, 2.45) is 0 Å². The van der Waals surface area contributed by atoms with Crippen molar-refractivity contribution in [2.45, 2.75) is 25.3 Å². The van der Waals surface area contributed by atoms with Gasteiger partial charge in [0.2, 0.25) is 5.91 Å². The first kappa shape index (κ1) is 17.5. The van der Waals surface area contributed by atoms with Crippen molar-refractivity contribution in [1.82, 2.24) is 9.80 Å². The zero-order chi connectivity index (χ0) is 19.0. The molecule has 0 N–H and O–H groups in total. The molecule has 1 unspecified atom stereocenters. The Morgan fingerprint density at radius 3 is 2.67 bits per heavy atom. The summed E-state index contributed by atoms with van der Waals surface area (Å²) < 4.78 is 13.4. The van der Waals surface area contributed by atoms with E-state index in [4.69, 9.17) is 0 Å². The monoisotopic (exact) mass is 364 g/mol. The van der Waals surface area contributed by atoms with Crippen LogP contribution in [-0.4, -0.2) is 40.7 Å². The molecule has 27 heavy (non-hydrogen) atoms. The van der Waals surface area contributed by atoms with Crippen LogP contribution in [0.3, 0.4) is 0 Å². The summed E-state index contributed by atoms with van der Waals surface area (Å²) in [5, 5.41) is 0. The Hall–Kier alpha value is -2.95. The van der Waals surface area contributed by atoms with Crippen LogP contribution in [0.25, 0.3) is 5.70 Å². The maximum absolute atomic E-state index is 13.4. The summed E-state index contributed by atoms with van der Waals surface area (Å²) in [4.78, 5) is 28.8. The Labute approximate surface area is 157 Å². The lowest BCUT2D eigenvalue weighted by Crippen LogP contribution is -2.43. The molecular weight excluding hydrogens is 343 g/mol. The van der Waals surface area contributed by atoms with Crippen molar-refractivity contribution in [3.63, 3.8) is 0 Å². The fraction of sp³-hybridized carbons (Fsp3) is 0.273. The van der Waals surface area contributed by atoms with Crippen LogP contribution in [0.1, 0.15) is 34.3 Å². The van der Waals surface area contributed by atoms with Crippen molar-refractivity contribution in [3.8, 4) is 0 Å². The predicted molar refractivity (Wildman–Crippen MR) is 101 cm³/mol. The van der Waals surface area contributed by atoms with Crippen LogP contribution in [0.4, 0.5) is 4.39 Å². The normalized spacial score (nSPS) is 18.9. The van der Waals surface area contributed by atoms with Crippen LogP contribution in [-0.2, 0) is 11.2 Å². The minimum Gasteiger partial charge on any atom is -0.338 e. The molecule has 138 valence electrons. The lowest BCUT2D eigenvalue weighted by molar-refractivity contribution is -0.132. The molecule has 1 atom stereocenters. The Morgan fingerprint density at radius 2 is 1.93 bits per heavy atom. The summed E-state index contributed by atoms with van der Waals surface area (Å²) in [7, 11) is 0. The van der Waals surface area contributed by atoms with Crippen LogP contribution < -0.4 is 0 Å². The van der Waals surface area contributed by atoms with Crippen LogP contribution in [0.2, 0.25) is 0 Å². The van der Waals surface area contributed by atoms with Gasteiger partial charge >= 0.3 is 0 Å². The Kier molecular flexibility index (Phi) is 4.52. The van der Waals surface area contributed by atoms with Gasteiger partial charge in [0.1, 0.15) is 12.4 Å². The van der Waals surface area contributed by atoms with Gasteiger partial charge in [-0.05, 0) is 43.0 Å². The molecule has 2 aromatic rings. The van der Waals surface area contributed by atoms with Gasteiger partial charge in [0.05, 0.1) is 0 Å². The van der Waals surface area contributed by atoms with Crippen molar-refractivity contribution in [3.05, 3.63) is 77.6 Å². The van der Waals surface area contributed by atoms with Gasteiger partial charge in [0.15, 0.2) is 0 Å². The van der Waals surface area contributed by atoms with Crippen LogP contribution >= 0.6 is 0 Å². The third-order valence-electron chi connectivity index (χ3n) is 5.39. The number of benzene rings is 2. The predicted octanol–water partition coefficient (Wildman–Crippen LogP) is 3.49. The maximum Gasteiger partial charge on any atom is 0.259 e. The van der Waals surface area contributed by atoms with E-state index in [1.165, 1.54) is 17.0 Å². The zero-order valence-corrected chi connectivity index (χ0v) is 15.0. The maximum atomic E-state index is 13.4. The van der Waals surface area contributed by atoms with E-state index in [2.05, 4.69) is 6.58 Å². The quantitative estimate of drug-likeness (QED) is 0.833. The molecule has 0 spiro atoms. The van der Waals surface area contributed by atoms with Gasteiger partial charge in [0.25, 0.3) is 5.91 Å².